The maximum atomic E-state index is 12.2. The van der Waals surface area contributed by atoms with Crippen LogP contribution in [-0.2, 0) is 4.74 Å². The number of alkyl halides is 3. The van der Waals surface area contributed by atoms with Crippen molar-refractivity contribution in [2.45, 2.75) is 70.3 Å². The highest BCUT2D eigenvalue weighted by atomic mass is 19.4. The van der Waals surface area contributed by atoms with E-state index in [1.807, 2.05) is 6.92 Å². The number of halogens is 3. The number of hydrogen-bond donors (Lipinski definition) is 1. The van der Waals surface area contributed by atoms with Gasteiger partial charge in [0.25, 0.3) is 0 Å². The fourth-order valence-electron chi connectivity index (χ4n) is 2.69. The highest BCUT2D eigenvalue weighted by Gasteiger charge is 2.34. The van der Waals surface area contributed by atoms with E-state index in [4.69, 9.17) is 4.74 Å². The summed E-state index contributed by atoms with van der Waals surface area (Å²) in [7, 11) is 0. The Labute approximate surface area is 107 Å². The monoisotopic (exact) mass is 268 g/mol. The van der Waals surface area contributed by atoms with Gasteiger partial charge in [0.1, 0.15) is 0 Å². The normalized spacial score (nSPS) is 21.8. The van der Waals surface area contributed by atoms with Crippen molar-refractivity contribution in [3.05, 3.63) is 0 Å². The van der Waals surface area contributed by atoms with Gasteiger partial charge in [-0.25, -0.2) is 0 Å². The van der Waals surface area contributed by atoms with Crippen LogP contribution >= 0.6 is 0 Å². The summed E-state index contributed by atoms with van der Waals surface area (Å²) in [4.78, 5) is 0. The van der Waals surface area contributed by atoms with E-state index in [0.29, 0.717) is 6.61 Å². The molecular weight excluding hydrogens is 245 g/mol. The lowest BCUT2D eigenvalue weighted by Crippen LogP contribution is -2.38. The molecule has 108 valence electrons. The van der Waals surface area contributed by atoms with Crippen molar-refractivity contribution < 1.29 is 23.0 Å². The first-order chi connectivity index (χ1) is 8.44. The van der Waals surface area contributed by atoms with Gasteiger partial charge in [0.2, 0.25) is 0 Å². The van der Waals surface area contributed by atoms with Crippen molar-refractivity contribution in [3.8, 4) is 0 Å². The Morgan fingerprint density at radius 1 is 1.22 bits per heavy atom. The molecule has 5 heteroatoms. The summed E-state index contributed by atoms with van der Waals surface area (Å²) >= 11 is 0. The summed E-state index contributed by atoms with van der Waals surface area (Å²) in [6.45, 7) is 2.25. The van der Waals surface area contributed by atoms with E-state index in [1.54, 1.807) is 0 Å². The molecule has 1 saturated carbocycles. The molecule has 0 amide bonds. The molecule has 0 spiro atoms. The molecule has 1 N–H and O–H groups in total. The van der Waals surface area contributed by atoms with Crippen LogP contribution in [0.15, 0.2) is 0 Å². The Bertz CT molecular complexity index is 225. The molecule has 0 aliphatic heterocycles. The average molecular weight is 268 g/mol. The minimum atomic E-state index is -4.20. The lowest BCUT2D eigenvalue weighted by molar-refractivity contribution is -0.148. The van der Waals surface area contributed by atoms with Crippen molar-refractivity contribution >= 4 is 0 Å². The Morgan fingerprint density at radius 3 is 2.33 bits per heavy atom. The molecule has 18 heavy (non-hydrogen) atoms. The topological polar surface area (TPSA) is 29.5 Å². The van der Waals surface area contributed by atoms with E-state index in [9.17, 15) is 18.3 Å². The largest absolute Gasteiger partial charge is 0.390 e. The maximum Gasteiger partial charge on any atom is 0.389 e. The highest BCUT2D eigenvalue weighted by Crippen LogP contribution is 2.32. The fourth-order valence-corrected chi connectivity index (χ4v) is 2.69. The van der Waals surface area contributed by atoms with E-state index >= 15 is 0 Å². The van der Waals surface area contributed by atoms with Crippen LogP contribution in [-0.4, -0.2) is 30.1 Å². The zero-order valence-electron chi connectivity index (χ0n) is 10.9. The molecule has 0 aromatic heterocycles. The van der Waals surface area contributed by atoms with Gasteiger partial charge in [-0.15, -0.1) is 0 Å². The lowest BCUT2D eigenvalue weighted by atomic mass is 9.82. The molecule has 0 aromatic carbocycles. The maximum absolute atomic E-state index is 12.2. The van der Waals surface area contributed by atoms with Crippen molar-refractivity contribution in [2.75, 3.05) is 6.61 Å². The van der Waals surface area contributed by atoms with Gasteiger partial charge >= 0.3 is 6.18 Å². The molecule has 0 aromatic rings. The predicted octanol–water partition coefficient (Wildman–Crippen LogP) is 3.68. The Kier molecular flexibility index (Phi) is 6.43. The SMILES string of the molecule is CCOC(C(O)CCC(F)(F)F)C1CCCCC1. The second-order valence-electron chi connectivity index (χ2n) is 5.04. The standard InChI is InChI=1S/C13H23F3O2/c1-2-18-12(10-6-4-3-5-7-10)11(17)8-9-13(14,15)16/h10-12,17H,2-9H2,1H3. The van der Waals surface area contributed by atoms with Gasteiger partial charge in [0.15, 0.2) is 0 Å². The molecule has 0 heterocycles. The molecule has 0 bridgehead atoms. The lowest BCUT2D eigenvalue weighted by Gasteiger charge is -2.33. The number of hydrogen-bond acceptors (Lipinski definition) is 2. The van der Waals surface area contributed by atoms with Crippen LogP contribution in [0.4, 0.5) is 13.2 Å². The van der Waals surface area contributed by atoms with Crippen LogP contribution < -0.4 is 0 Å². The van der Waals surface area contributed by atoms with E-state index in [-0.39, 0.29) is 12.3 Å². The van der Waals surface area contributed by atoms with Crippen LogP contribution in [0.2, 0.25) is 0 Å². The minimum Gasteiger partial charge on any atom is -0.390 e. The van der Waals surface area contributed by atoms with Gasteiger partial charge in [-0.3, -0.25) is 0 Å². The fraction of sp³-hybridized carbons (Fsp3) is 1.00. The third kappa shape index (κ3) is 5.57. The summed E-state index contributed by atoms with van der Waals surface area (Å²) in [5.74, 6) is 0.210. The first kappa shape index (κ1) is 15.8. The van der Waals surface area contributed by atoms with Crippen LogP contribution in [0, 0.1) is 5.92 Å². The van der Waals surface area contributed by atoms with E-state index in [1.165, 1.54) is 6.42 Å². The Hall–Kier alpha value is -0.290. The Balaban J connectivity index is 2.48. The van der Waals surface area contributed by atoms with Gasteiger partial charge in [-0.1, -0.05) is 19.3 Å². The van der Waals surface area contributed by atoms with Crippen molar-refractivity contribution in [2.24, 2.45) is 5.92 Å². The molecular formula is C13H23F3O2. The van der Waals surface area contributed by atoms with Crippen LogP contribution in [0.5, 0.6) is 0 Å². The second kappa shape index (κ2) is 7.34. The summed E-state index contributed by atoms with van der Waals surface area (Å²) in [6, 6.07) is 0. The summed E-state index contributed by atoms with van der Waals surface area (Å²) in [5, 5.41) is 9.93. The summed E-state index contributed by atoms with van der Waals surface area (Å²) in [6.07, 6.45) is -1.60. The van der Waals surface area contributed by atoms with Crippen LogP contribution in [0.25, 0.3) is 0 Å². The molecule has 1 rings (SSSR count). The minimum absolute atomic E-state index is 0.210. The Morgan fingerprint density at radius 2 is 1.83 bits per heavy atom. The molecule has 0 saturated heterocycles. The molecule has 1 fully saturated rings. The number of ether oxygens (including phenoxy) is 1. The highest BCUT2D eigenvalue weighted by molar-refractivity contribution is 4.80. The third-order valence-corrected chi connectivity index (χ3v) is 3.58. The van der Waals surface area contributed by atoms with Gasteiger partial charge < -0.3 is 9.84 Å². The zero-order valence-corrected chi connectivity index (χ0v) is 10.9. The summed E-state index contributed by atoms with van der Waals surface area (Å²) in [5.41, 5.74) is 0. The van der Waals surface area contributed by atoms with E-state index in [0.717, 1.165) is 25.7 Å². The second-order valence-corrected chi connectivity index (χ2v) is 5.04. The van der Waals surface area contributed by atoms with Crippen LogP contribution in [0.1, 0.15) is 51.9 Å². The molecule has 1 aliphatic rings. The summed E-state index contributed by atoms with van der Waals surface area (Å²) < 4.78 is 42.0. The molecule has 1 aliphatic carbocycles. The van der Waals surface area contributed by atoms with Crippen molar-refractivity contribution in [1.82, 2.24) is 0 Å². The molecule has 2 unspecified atom stereocenters. The van der Waals surface area contributed by atoms with E-state index < -0.39 is 24.8 Å². The smallest absolute Gasteiger partial charge is 0.389 e. The van der Waals surface area contributed by atoms with Crippen molar-refractivity contribution in [3.63, 3.8) is 0 Å². The third-order valence-electron chi connectivity index (χ3n) is 3.58. The van der Waals surface area contributed by atoms with Gasteiger partial charge in [0, 0.05) is 13.0 Å². The first-order valence-electron chi connectivity index (χ1n) is 6.80. The number of aliphatic hydroxyl groups excluding tert-OH is 1. The predicted molar refractivity (Wildman–Crippen MR) is 63.3 cm³/mol. The molecule has 2 nitrogen and oxygen atoms in total. The van der Waals surface area contributed by atoms with Crippen LogP contribution in [0.3, 0.4) is 0 Å². The number of rotatable bonds is 6. The number of aliphatic hydroxyl groups is 1. The molecule has 0 radical (unpaired) electrons. The van der Waals surface area contributed by atoms with Gasteiger partial charge in [0.05, 0.1) is 12.2 Å². The molecule has 2 atom stereocenters. The quantitative estimate of drug-likeness (QED) is 0.796. The average Bonchev–Trinajstić information content (AvgIpc) is 2.33. The zero-order chi connectivity index (χ0) is 13.6. The van der Waals surface area contributed by atoms with Crippen molar-refractivity contribution in [1.29, 1.82) is 0 Å². The van der Waals surface area contributed by atoms with Gasteiger partial charge in [-0.05, 0) is 32.1 Å². The first-order valence-corrected chi connectivity index (χ1v) is 6.80. The van der Waals surface area contributed by atoms with E-state index in [2.05, 4.69) is 0 Å². The van der Waals surface area contributed by atoms with Gasteiger partial charge in [-0.2, -0.15) is 13.2 Å².